The zero-order valence-electron chi connectivity index (χ0n) is 9.33. The van der Waals surface area contributed by atoms with Crippen molar-refractivity contribution in [3.05, 3.63) is 28.2 Å². The van der Waals surface area contributed by atoms with Crippen LogP contribution >= 0.6 is 26.6 Å². The molecule has 1 aromatic rings. The number of halogens is 2. The van der Waals surface area contributed by atoms with Crippen LogP contribution in [0.3, 0.4) is 0 Å². The predicted molar refractivity (Wildman–Crippen MR) is 73.0 cm³/mol. The standard InChI is InChI=1S/C11H9BrClNO3S/c1-2-3-4-14-11(15)8-5-9(12)7-10(6-8)18(13,16)17/h5-7H,4H2,1H3,(H,14,15). The van der Waals surface area contributed by atoms with Gasteiger partial charge in [0.25, 0.3) is 15.0 Å². The molecule has 18 heavy (non-hydrogen) atoms. The maximum absolute atomic E-state index is 11.7. The summed E-state index contributed by atoms with van der Waals surface area (Å²) in [6, 6.07) is 4.03. The Hall–Kier alpha value is -1.03. The molecule has 1 aromatic carbocycles. The summed E-state index contributed by atoms with van der Waals surface area (Å²) in [5.74, 6) is 4.88. The molecule has 0 fully saturated rings. The van der Waals surface area contributed by atoms with Crippen molar-refractivity contribution >= 4 is 41.6 Å². The normalized spacial score (nSPS) is 10.4. The van der Waals surface area contributed by atoms with Crippen LogP contribution in [0, 0.1) is 11.8 Å². The highest BCUT2D eigenvalue weighted by molar-refractivity contribution is 9.10. The Morgan fingerprint density at radius 1 is 1.44 bits per heavy atom. The van der Waals surface area contributed by atoms with Crippen LogP contribution in [0.5, 0.6) is 0 Å². The second-order valence-electron chi connectivity index (χ2n) is 3.22. The molecule has 7 heteroatoms. The molecule has 0 aliphatic carbocycles. The van der Waals surface area contributed by atoms with Crippen LogP contribution in [-0.4, -0.2) is 20.9 Å². The van der Waals surface area contributed by atoms with Crippen molar-refractivity contribution in [2.24, 2.45) is 0 Å². The quantitative estimate of drug-likeness (QED) is 0.671. The molecule has 0 saturated carbocycles. The smallest absolute Gasteiger partial charge is 0.261 e. The lowest BCUT2D eigenvalue weighted by atomic mass is 10.2. The summed E-state index contributed by atoms with van der Waals surface area (Å²) in [4.78, 5) is 11.6. The minimum absolute atomic E-state index is 0.134. The van der Waals surface area contributed by atoms with Crippen molar-refractivity contribution in [2.75, 3.05) is 6.54 Å². The van der Waals surface area contributed by atoms with E-state index in [1.165, 1.54) is 18.2 Å². The average molecular weight is 351 g/mol. The molecule has 1 rings (SSSR count). The first kappa shape index (κ1) is 15.0. The molecule has 1 N–H and O–H groups in total. The van der Waals surface area contributed by atoms with Crippen molar-refractivity contribution in [1.29, 1.82) is 0 Å². The van der Waals surface area contributed by atoms with Gasteiger partial charge in [-0.05, 0) is 25.1 Å². The monoisotopic (exact) mass is 349 g/mol. The molecular weight excluding hydrogens is 342 g/mol. The van der Waals surface area contributed by atoms with E-state index in [9.17, 15) is 13.2 Å². The third-order valence-corrected chi connectivity index (χ3v) is 3.72. The number of nitrogens with one attached hydrogen (secondary N) is 1. The highest BCUT2D eigenvalue weighted by Gasteiger charge is 2.14. The number of carbonyl (C=O) groups excluding carboxylic acids is 1. The van der Waals surface area contributed by atoms with Crippen molar-refractivity contribution in [2.45, 2.75) is 11.8 Å². The Morgan fingerprint density at radius 3 is 2.67 bits per heavy atom. The van der Waals surface area contributed by atoms with Gasteiger partial charge in [0.05, 0.1) is 11.4 Å². The van der Waals surface area contributed by atoms with Crippen LogP contribution in [0.4, 0.5) is 0 Å². The van der Waals surface area contributed by atoms with Gasteiger partial charge in [-0.1, -0.05) is 21.9 Å². The molecule has 0 spiro atoms. The Bertz CT molecular complexity index is 631. The van der Waals surface area contributed by atoms with E-state index in [-0.39, 0.29) is 17.0 Å². The first-order valence-electron chi connectivity index (χ1n) is 4.77. The highest BCUT2D eigenvalue weighted by atomic mass is 79.9. The lowest BCUT2D eigenvalue weighted by Gasteiger charge is -2.04. The van der Waals surface area contributed by atoms with Crippen molar-refractivity contribution in [3.63, 3.8) is 0 Å². The zero-order valence-corrected chi connectivity index (χ0v) is 12.5. The van der Waals surface area contributed by atoms with Gasteiger partial charge in [-0.25, -0.2) is 8.42 Å². The summed E-state index contributed by atoms with van der Waals surface area (Å²) in [5, 5.41) is 2.53. The fraction of sp³-hybridized carbons (Fsp3) is 0.182. The van der Waals surface area contributed by atoms with E-state index < -0.39 is 15.0 Å². The summed E-state index contributed by atoms with van der Waals surface area (Å²) in [6.07, 6.45) is 0. The lowest BCUT2D eigenvalue weighted by Crippen LogP contribution is -2.23. The molecule has 0 heterocycles. The van der Waals surface area contributed by atoms with Crippen molar-refractivity contribution in [1.82, 2.24) is 5.32 Å². The van der Waals surface area contributed by atoms with Gasteiger partial charge in [-0.15, -0.1) is 5.92 Å². The van der Waals surface area contributed by atoms with Gasteiger partial charge >= 0.3 is 0 Å². The SMILES string of the molecule is CC#CCNC(=O)c1cc(Br)cc(S(=O)(=O)Cl)c1. The Labute approximate surface area is 118 Å². The molecule has 1 amide bonds. The van der Waals surface area contributed by atoms with Crippen LogP contribution in [0.2, 0.25) is 0 Å². The Kier molecular flexibility index (Phi) is 5.20. The molecule has 0 unspecified atom stereocenters. The second-order valence-corrected chi connectivity index (χ2v) is 6.70. The topological polar surface area (TPSA) is 63.2 Å². The van der Waals surface area contributed by atoms with Gasteiger partial charge in [0, 0.05) is 20.7 Å². The van der Waals surface area contributed by atoms with E-state index in [1.807, 2.05) is 0 Å². The summed E-state index contributed by atoms with van der Waals surface area (Å²) < 4.78 is 22.9. The molecule has 0 aliphatic heterocycles. The molecule has 0 radical (unpaired) electrons. The third-order valence-electron chi connectivity index (χ3n) is 1.93. The van der Waals surface area contributed by atoms with Crippen LogP contribution in [0.15, 0.2) is 27.6 Å². The largest absolute Gasteiger partial charge is 0.341 e. The molecule has 0 saturated heterocycles. The van der Waals surface area contributed by atoms with Gasteiger partial charge in [-0.3, -0.25) is 4.79 Å². The van der Waals surface area contributed by atoms with Gasteiger partial charge in [0.15, 0.2) is 0 Å². The number of hydrogen-bond acceptors (Lipinski definition) is 3. The summed E-state index contributed by atoms with van der Waals surface area (Å²) >= 11 is 3.12. The number of carbonyl (C=O) groups is 1. The minimum Gasteiger partial charge on any atom is -0.341 e. The molecular formula is C11H9BrClNO3S. The van der Waals surface area contributed by atoms with E-state index >= 15 is 0 Å². The van der Waals surface area contributed by atoms with Crippen LogP contribution < -0.4 is 5.32 Å². The van der Waals surface area contributed by atoms with E-state index in [2.05, 4.69) is 33.1 Å². The number of rotatable bonds is 3. The van der Waals surface area contributed by atoms with Crippen molar-refractivity contribution in [3.8, 4) is 11.8 Å². The number of hydrogen-bond donors (Lipinski definition) is 1. The Balaban J connectivity index is 3.06. The fourth-order valence-corrected chi connectivity index (χ4v) is 2.60. The zero-order chi connectivity index (χ0) is 13.8. The van der Waals surface area contributed by atoms with Crippen LogP contribution in [0.25, 0.3) is 0 Å². The third kappa shape index (κ3) is 4.33. The molecule has 0 bridgehead atoms. The first-order valence-corrected chi connectivity index (χ1v) is 7.88. The van der Waals surface area contributed by atoms with Crippen LogP contribution in [0.1, 0.15) is 17.3 Å². The number of amides is 1. The summed E-state index contributed by atoms with van der Waals surface area (Å²) in [7, 11) is 1.36. The second kappa shape index (κ2) is 6.23. The van der Waals surface area contributed by atoms with Gasteiger partial charge in [0.1, 0.15) is 0 Å². The van der Waals surface area contributed by atoms with Gasteiger partial charge < -0.3 is 5.32 Å². The number of benzene rings is 1. The van der Waals surface area contributed by atoms with Gasteiger partial charge in [-0.2, -0.15) is 0 Å². The van der Waals surface area contributed by atoms with Crippen LogP contribution in [-0.2, 0) is 9.05 Å². The predicted octanol–water partition coefficient (Wildman–Crippen LogP) is 2.13. The first-order chi connectivity index (χ1) is 8.34. The van der Waals surface area contributed by atoms with E-state index in [1.54, 1.807) is 6.92 Å². The van der Waals surface area contributed by atoms with E-state index in [4.69, 9.17) is 10.7 Å². The van der Waals surface area contributed by atoms with Gasteiger partial charge in [0.2, 0.25) is 0 Å². The maximum atomic E-state index is 11.7. The molecule has 4 nitrogen and oxygen atoms in total. The summed E-state index contributed by atoms with van der Waals surface area (Å²) in [5.41, 5.74) is 0.196. The fourth-order valence-electron chi connectivity index (χ4n) is 1.15. The summed E-state index contributed by atoms with van der Waals surface area (Å²) in [6.45, 7) is 1.86. The minimum atomic E-state index is -3.87. The van der Waals surface area contributed by atoms with E-state index in [0.29, 0.717) is 4.47 Å². The highest BCUT2D eigenvalue weighted by Crippen LogP contribution is 2.22. The lowest BCUT2D eigenvalue weighted by molar-refractivity contribution is 0.0958. The Morgan fingerprint density at radius 2 is 2.11 bits per heavy atom. The van der Waals surface area contributed by atoms with Crippen molar-refractivity contribution < 1.29 is 13.2 Å². The molecule has 0 atom stereocenters. The molecule has 96 valence electrons. The van der Waals surface area contributed by atoms with E-state index in [0.717, 1.165) is 0 Å². The average Bonchev–Trinajstić information content (AvgIpc) is 2.27. The maximum Gasteiger partial charge on any atom is 0.261 e. The molecule has 0 aromatic heterocycles. The molecule has 0 aliphatic rings.